The Hall–Kier alpha value is -1.39. The summed E-state index contributed by atoms with van der Waals surface area (Å²) in [6, 6.07) is 9.87. The SMILES string of the molecule is CCN(C)Cc1cccc(CNC(=O)CC2CC3CCC(C2)N3)c1. The van der Waals surface area contributed by atoms with E-state index >= 15 is 0 Å². The quantitative estimate of drug-likeness (QED) is 0.808. The van der Waals surface area contributed by atoms with Crippen molar-refractivity contribution in [1.29, 1.82) is 0 Å². The molecule has 2 atom stereocenters. The van der Waals surface area contributed by atoms with E-state index in [1.807, 2.05) is 0 Å². The van der Waals surface area contributed by atoms with Gasteiger partial charge in [-0.25, -0.2) is 0 Å². The summed E-state index contributed by atoms with van der Waals surface area (Å²) < 4.78 is 0. The molecule has 0 spiro atoms. The van der Waals surface area contributed by atoms with E-state index in [4.69, 9.17) is 0 Å². The second-order valence-corrected chi connectivity index (χ2v) is 7.61. The fourth-order valence-electron chi connectivity index (χ4n) is 4.14. The molecule has 2 aliphatic heterocycles. The van der Waals surface area contributed by atoms with Crippen molar-refractivity contribution >= 4 is 5.91 Å². The number of fused-ring (bicyclic) bond motifs is 2. The van der Waals surface area contributed by atoms with E-state index in [1.54, 1.807) is 0 Å². The highest BCUT2D eigenvalue weighted by Crippen LogP contribution is 2.32. The maximum atomic E-state index is 12.3. The van der Waals surface area contributed by atoms with Gasteiger partial charge in [0.25, 0.3) is 0 Å². The highest BCUT2D eigenvalue weighted by Gasteiger charge is 2.34. The summed E-state index contributed by atoms with van der Waals surface area (Å²) in [4.78, 5) is 14.6. The summed E-state index contributed by atoms with van der Waals surface area (Å²) in [5, 5.41) is 6.76. The molecule has 2 unspecified atom stereocenters. The molecule has 0 aromatic heterocycles. The summed E-state index contributed by atoms with van der Waals surface area (Å²) in [5.74, 6) is 0.769. The monoisotopic (exact) mass is 329 g/mol. The van der Waals surface area contributed by atoms with E-state index < -0.39 is 0 Å². The minimum Gasteiger partial charge on any atom is -0.352 e. The van der Waals surface area contributed by atoms with Gasteiger partial charge in [-0.1, -0.05) is 31.2 Å². The van der Waals surface area contributed by atoms with Crippen molar-refractivity contribution in [3.63, 3.8) is 0 Å². The van der Waals surface area contributed by atoms with Crippen LogP contribution in [0.25, 0.3) is 0 Å². The lowest BCUT2D eigenvalue weighted by Gasteiger charge is -2.28. The van der Waals surface area contributed by atoms with Crippen LogP contribution in [0.1, 0.15) is 50.2 Å². The van der Waals surface area contributed by atoms with Crippen LogP contribution in [0.15, 0.2) is 24.3 Å². The van der Waals surface area contributed by atoms with Crippen LogP contribution in [0.3, 0.4) is 0 Å². The number of nitrogens with zero attached hydrogens (tertiary/aromatic N) is 1. The first-order valence-electron chi connectivity index (χ1n) is 9.41. The van der Waals surface area contributed by atoms with Crippen LogP contribution in [-0.4, -0.2) is 36.5 Å². The summed E-state index contributed by atoms with van der Waals surface area (Å²) in [6.45, 7) is 4.80. The second-order valence-electron chi connectivity index (χ2n) is 7.61. The van der Waals surface area contributed by atoms with Crippen LogP contribution in [0.5, 0.6) is 0 Å². The van der Waals surface area contributed by atoms with Gasteiger partial charge < -0.3 is 15.5 Å². The molecular weight excluding hydrogens is 298 g/mol. The first-order chi connectivity index (χ1) is 11.6. The zero-order valence-corrected chi connectivity index (χ0v) is 15.1. The summed E-state index contributed by atoms with van der Waals surface area (Å²) in [6.07, 6.45) is 5.61. The maximum absolute atomic E-state index is 12.3. The molecule has 1 aromatic rings. The van der Waals surface area contributed by atoms with Gasteiger partial charge in [0.1, 0.15) is 0 Å². The maximum Gasteiger partial charge on any atom is 0.220 e. The average molecular weight is 329 g/mol. The molecule has 24 heavy (non-hydrogen) atoms. The van der Waals surface area contributed by atoms with Crippen molar-refractivity contribution in [2.75, 3.05) is 13.6 Å². The molecule has 2 aliphatic rings. The smallest absolute Gasteiger partial charge is 0.220 e. The molecule has 1 amide bonds. The lowest BCUT2D eigenvalue weighted by Crippen LogP contribution is -2.39. The van der Waals surface area contributed by atoms with Crippen molar-refractivity contribution in [2.45, 2.75) is 64.2 Å². The Morgan fingerprint density at radius 1 is 1.25 bits per heavy atom. The molecule has 2 bridgehead atoms. The summed E-state index contributed by atoms with van der Waals surface area (Å²) >= 11 is 0. The predicted molar refractivity (Wildman–Crippen MR) is 97.6 cm³/mol. The van der Waals surface area contributed by atoms with Gasteiger partial charge in [0.2, 0.25) is 5.91 Å². The fraction of sp³-hybridized carbons (Fsp3) is 0.650. The van der Waals surface area contributed by atoms with Crippen LogP contribution in [0, 0.1) is 5.92 Å². The number of benzene rings is 1. The van der Waals surface area contributed by atoms with E-state index in [0.29, 0.717) is 31.0 Å². The molecule has 2 saturated heterocycles. The van der Waals surface area contributed by atoms with E-state index in [-0.39, 0.29) is 5.91 Å². The van der Waals surface area contributed by atoms with Gasteiger partial charge in [-0.15, -0.1) is 0 Å². The molecule has 2 N–H and O–H groups in total. The molecule has 132 valence electrons. The Kier molecular flexibility index (Phi) is 5.90. The molecule has 3 rings (SSSR count). The first kappa shape index (κ1) is 17.4. The average Bonchev–Trinajstić information content (AvgIpc) is 2.92. The number of nitrogens with one attached hydrogen (secondary N) is 2. The lowest BCUT2D eigenvalue weighted by atomic mass is 9.89. The molecule has 0 radical (unpaired) electrons. The van der Waals surface area contributed by atoms with Crippen molar-refractivity contribution in [3.05, 3.63) is 35.4 Å². The number of hydrogen-bond acceptors (Lipinski definition) is 3. The molecule has 2 heterocycles. The van der Waals surface area contributed by atoms with Crippen molar-refractivity contribution < 1.29 is 4.79 Å². The summed E-state index contributed by atoms with van der Waals surface area (Å²) in [5.41, 5.74) is 2.50. The van der Waals surface area contributed by atoms with Crippen molar-refractivity contribution in [2.24, 2.45) is 5.92 Å². The first-order valence-corrected chi connectivity index (χ1v) is 9.41. The number of hydrogen-bond donors (Lipinski definition) is 2. The van der Waals surface area contributed by atoms with E-state index in [9.17, 15) is 4.79 Å². The zero-order valence-electron chi connectivity index (χ0n) is 15.1. The van der Waals surface area contributed by atoms with E-state index in [2.05, 4.69) is 53.8 Å². The van der Waals surface area contributed by atoms with Gasteiger partial charge in [-0.3, -0.25) is 4.79 Å². The Morgan fingerprint density at radius 2 is 1.96 bits per heavy atom. The second kappa shape index (κ2) is 8.13. The number of carbonyl (C=O) groups excluding carboxylic acids is 1. The van der Waals surface area contributed by atoms with Gasteiger partial charge in [-0.2, -0.15) is 0 Å². The fourth-order valence-corrected chi connectivity index (χ4v) is 4.14. The third-order valence-electron chi connectivity index (χ3n) is 5.52. The van der Waals surface area contributed by atoms with Crippen molar-refractivity contribution in [1.82, 2.24) is 15.5 Å². The minimum absolute atomic E-state index is 0.206. The highest BCUT2D eigenvalue weighted by molar-refractivity contribution is 5.76. The molecule has 0 aliphatic carbocycles. The normalized spacial score (nSPS) is 25.9. The summed E-state index contributed by atoms with van der Waals surface area (Å²) in [7, 11) is 2.13. The molecule has 0 saturated carbocycles. The molecule has 2 fully saturated rings. The van der Waals surface area contributed by atoms with Crippen molar-refractivity contribution in [3.8, 4) is 0 Å². The predicted octanol–water partition coefficient (Wildman–Crippen LogP) is 2.68. The Balaban J connectivity index is 1.45. The van der Waals surface area contributed by atoms with Gasteiger partial charge >= 0.3 is 0 Å². The Labute approximate surface area is 146 Å². The number of piperidine rings is 1. The van der Waals surface area contributed by atoms with E-state index in [1.165, 1.54) is 36.8 Å². The van der Waals surface area contributed by atoms with E-state index in [0.717, 1.165) is 13.1 Å². The standard InChI is InChI=1S/C20H31N3O/c1-3-23(2)14-16-6-4-5-15(9-16)13-21-20(24)12-17-10-18-7-8-19(11-17)22-18/h4-6,9,17-19,22H,3,7-8,10-14H2,1-2H3,(H,21,24). The zero-order chi connectivity index (χ0) is 16.9. The minimum atomic E-state index is 0.206. The Bertz CT molecular complexity index is 548. The van der Waals surface area contributed by atoms with Crippen LogP contribution < -0.4 is 10.6 Å². The van der Waals surface area contributed by atoms with Crippen LogP contribution >= 0.6 is 0 Å². The Morgan fingerprint density at radius 3 is 2.67 bits per heavy atom. The van der Waals surface area contributed by atoms with Crippen LogP contribution in [-0.2, 0) is 17.9 Å². The molecule has 4 nitrogen and oxygen atoms in total. The third-order valence-corrected chi connectivity index (χ3v) is 5.52. The van der Waals surface area contributed by atoms with Gasteiger partial charge in [0, 0.05) is 31.6 Å². The largest absolute Gasteiger partial charge is 0.352 e. The number of rotatable bonds is 7. The molecule has 1 aromatic carbocycles. The third kappa shape index (κ3) is 4.81. The molecule has 4 heteroatoms. The topological polar surface area (TPSA) is 44.4 Å². The van der Waals surface area contributed by atoms with Crippen LogP contribution in [0.2, 0.25) is 0 Å². The molecular formula is C20H31N3O. The van der Waals surface area contributed by atoms with Gasteiger partial charge in [0.05, 0.1) is 0 Å². The van der Waals surface area contributed by atoms with Crippen LogP contribution in [0.4, 0.5) is 0 Å². The highest BCUT2D eigenvalue weighted by atomic mass is 16.1. The van der Waals surface area contributed by atoms with Gasteiger partial charge in [0.15, 0.2) is 0 Å². The number of carbonyl (C=O) groups is 1. The lowest BCUT2D eigenvalue weighted by molar-refractivity contribution is -0.122. The number of amides is 1. The van der Waals surface area contributed by atoms with Gasteiger partial charge in [-0.05, 0) is 56.3 Å².